The second kappa shape index (κ2) is 5.96. The quantitative estimate of drug-likeness (QED) is 0.651. The zero-order chi connectivity index (χ0) is 14.7. The van der Waals surface area contributed by atoms with E-state index in [1.165, 1.54) is 0 Å². The number of carbonyl (C=O) groups excluding carboxylic acids is 1. The highest BCUT2D eigenvalue weighted by molar-refractivity contribution is 5.94. The molecule has 6 nitrogen and oxygen atoms in total. The first-order valence-electron chi connectivity index (χ1n) is 6.49. The molecule has 0 radical (unpaired) electrons. The lowest BCUT2D eigenvalue weighted by Crippen LogP contribution is -2.49. The van der Waals surface area contributed by atoms with Gasteiger partial charge in [-0.05, 0) is 18.9 Å². The summed E-state index contributed by atoms with van der Waals surface area (Å²) < 4.78 is 13.7. The van der Waals surface area contributed by atoms with Crippen molar-refractivity contribution < 1.29 is 14.1 Å². The van der Waals surface area contributed by atoms with E-state index in [4.69, 9.17) is 5.73 Å². The molecule has 1 aromatic rings. The van der Waals surface area contributed by atoms with Crippen LogP contribution in [0.15, 0.2) is 18.2 Å². The Labute approximate surface area is 115 Å². The number of nitro groups is 1. The van der Waals surface area contributed by atoms with Gasteiger partial charge in [-0.3, -0.25) is 14.9 Å². The molecule has 7 heteroatoms. The number of nitrogens with zero attached hydrogens (tertiary/aromatic N) is 1. The summed E-state index contributed by atoms with van der Waals surface area (Å²) in [6.45, 7) is 0. The van der Waals surface area contributed by atoms with Gasteiger partial charge in [-0.1, -0.05) is 12.8 Å². The summed E-state index contributed by atoms with van der Waals surface area (Å²) in [6, 6.07) is 2.67. The fraction of sp³-hybridized carbons (Fsp3) is 0.462. The number of rotatable bonds is 3. The van der Waals surface area contributed by atoms with Gasteiger partial charge in [0.15, 0.2) is 0 Å². The van der Waals surface area contributed by atoms with Gasteiger partial charge in [-0.25, -0.2) is 4.39 Å². The third-order valence-corrected chi connectivity index (χ3v) is 3.54. The van der Waals surface area contributed by atoms with Crippen molar-refractivity contribution in [2.75, 3.05) is 0 Å². The Morgan fingerprint density at radius 2 is 2.10 bits per heavy atom. The summed E-state index contributed by atoms with van der Waals surface area (Å²) in [7, 11) is 0. The number of nitrogens with two attached hydrogens (primary N) is 1. The Hall–Kier alpha value is -2.02. The second-order valence-corrected chi connectivity index (χ2v) is 4.95. The zero-order valence-electron chi connectivity index (χ0n) is 10.8. The molecule has 0 heterocycles. The van der Waals surface area contributed by atoms with Crippen LogP contribution in [0.1, 0.15) is 36.0 Å². The molecule has 2 atom stereocenters. The highest BCUT2D eigenvalue weighted by Crippen LogP contribution is 2.19. The van der Waals surface area contributed by atoms with E-state index in [0.29, 0.717) is 0 Å². The van der Waals surface area contributed by atoms with Gasteiger partial charge in [0.1, 0.15) is 5.82 Å². The van der Waals surface area contributed by atoms with E-state index in [-0.39, 0.29) is 23.3 Å². The lowest BCUT2D eigenvalue weighted by Gasteiger charge is -2.29. The topological polar surface area (TPSA) is 98.3 Å². The summed E-state index contributed by atoms with van der Waals surface area (Å²) in [6.07, 6.45) is 3.59. The van der Waals surface area contributed by atoms with Crippen LogP contribution in [0, 0.1) is 15.9 Å². The number of hydrogen-bond acceptors (Lipinski definition) is 4. The number of carbonyl (C=O) groups is 1. The van der Waals surface area contributed by atoms with Crippen LogP contribution in [-0.2, 0) is 0 Å². The highest BCUT2D eigenvalue weighted by atomic mass is 19.1. The minimum atomic E-state index is -0.902. The summed E-state index contributed by atoms with van der Waals surface area (Å²) >= 11 is 0. The number of non-ortho nitro benzene ring substituents is 1. The van der Waals surface area contributed by atoms with E-state index in [0.717, 1.165) is 43.9 Å². The fourth-order valence-corrected chi connectivity index (χ4v) is 2.39. The normalized spacial score (nSPS) is 22.3. The number of hydrogen-bond donors (Lipinski definition) is 2. The third-order valence-electron chi connectivity index (χ3n) is 3.54. The van der Waals surface area contributed by atoms with Crippen LogP contribution in [0.25, 0.3) is 0 Å². The Morgan fingerprint density at radius 3 is 2.70 bits per heavy atom. The molecule has 108 valence electrons. The third kappa shape index (κ3) is 3.11. The van der Waals surface area contributed by atoms with Gasteiger partial charge in [-0.2, -0.15) is 0 Å². The molecule has 2 rings (SSSR count). The predicted molar refractivity (Wildman–Crippen MR) is 70.8 cm³/mol. The van der Waals surface area contributed by atoms with Crippen LogP contribution in [0.4, 0.5) is 10.1 Å². The van der Waals surface area contributed by atoms with E-state index in [9.17, 15) is 19.3 Å². The smallest absolute Gasteiger partial charge is 0.272 e. The maximum Gasteiger partial charge on any atom is 0.272 e. The van der Waals surface area contributed by atoms with Gasteiger partial charge in [0.25, 0.3) is 11.6 Å². The van der Waals surface area contributed by atoms with Crippen molar-refractivity contribution in [2.45, 2.75) is 37.8 Å². The predicted octanol–water partition coefficient (Wildman–Crippen LogP) is 1.73. The van der Waals surface area contributed by atoms with Crippen LogP contribution < -0.4 is 11.1 Å². The molecule has 0 aliphatic heterocycles. The van der Waals surface area contributed by atoms with Crippen LogP contribution in [0.5, 0.6) is 0 Å². The molecule has 0 spiro atoms. The molecule has 1 fully saturated rings. The zero-order valence-corrected chi connectivity index (χ0v) is 10.8. The molecule has 1 amide bonds. The van der Waals surface area contributed by atoms with Gasteiger partial charge in [0, 0.05) is 18.2 Å². The molecule has 1 aliphatic carbocycles. The summed E-state index contributed by atoms with van der Waals surface area (Å²) in [5, 5.41) is 13.2. The van der Waals surface area contributed by atoms with E-state index in [2.05, 4.69) is 5.32 Å². The van der Waals surface area contributed by atoms with E-state index < -0.39 is 16.6 Å². The van der Waals surface area contributed by atoms with Crippen LogP contribution in [0.3, 0.4) is 0 Å². The fourth-order valence-electron chi connectivity index (χ4n) is 2.39. The van der Waals surface area contributed by atoms with Gasteiger partial charge >= 0.3 is 0 Å². The van der Waals surface area contributed by atoms with Crippen LogP contribution in [-0.4, -0.2) is 22.9 Å². The standard InChI is InChI=1S/C13H16FN3O3/c14-10-7-8(17(19)20)5-6-9(10)13(18)16-12-4-2-1-3-11(12)15/h5-7,11-12H,1-4,15H2,(H,16,18). The molecule has 0 saturated heterocycles. The number of nitro benzene ring substituents is 1. The van der Waals surface area contributed by atoms with Crippen molar-refractivity contribution >= 4 is 11.6 Å². The first-order chi connectivity index (χ1) is 9.49. The largest absolute Gasteiger partial charge is 0.348 e. The summed E-state index contributed by atoms with van der Waals surface area (Å²) in [5.41, 5.74) is 5.33. The lowest BCUT2D eigenvalue weighted by atomic mass is 9.91. The molecule has 0 aromatic heterocycles. The highest BCUT2D eigenvalue weighted by Gasteiger charge is 2.25. The number of benzene rings is 1. The maximum absolute atomic E-state index is 13.7. The average Bonchev–Trinajstić information content (AvgIpc) is 2.41. The molecule has 2 unspecified atom stereocenters. The van der Waals surface area contributed by atoms with Crippen LogP contribution >= 0.6 is 0 Å². The van der Waals surface area contributed by atoms with Crippen molar-refractivity contribution in [3.05, 3.63) is 39.7 Å². The van der Waals surface area contributed by atoms with Crippen LogP contribution in [0.2, 0.25) is 0 Å². The number of amides is 1. The molecule has 0 bridgehead atoms. The summed E-state index contributed by atoms with van der Waals surface area (Å²) in [5.74, 6) is -1.49. The minimum Gasteiger partial charge on any atom is -0.348 e. The van der Waals surface area contributed by atoms with Gasteiger partial charge in [-0.15, -0.1) is 0 Å². The molecular formula is C13H16FN3O3. The first kappa shape index (κ1) is 14.4. The van der Waals surface area contributed by atoms with Gasteiger partial charge in [0.2, 0.25) is 0 Å². The monoisotopic (exact) mass is 281 g/mol. The van der Waals surface area contributed by atoms with Crippen molar-refractivity contribution in [3.8, 4) is 0 Å². The second-order valence-electron chi connectivity index (χ2n) is 4.95. The van der Waals surface area contributed by atoms with Gasteiger partial charge < -0.3 is 11.1 Å². The van der Waals surface area contributed by atoms with E-state index >= 15 is 0 Å². The molecule has 3 N–H and O–H groups in total. The Bertz CT molecular complexity index is 536. The van der Waals surface area contributed by atoms with Crippen molar-refractivity contribution in [1.82, 2.24) is 5.32 Å². The molecule has 1 aliphatic rings. The van der Waals surface area contributed by atoms with Gasteiger partial charge in [0.05, 0.1) is 16.6 Å². The lowest BCUT2D eigenvalue weighted by molar-refractivity contribution is -0.385. The van der Waals surface area contributed by atoms with Crippen molar-refractivity contribution in [1.29, 1.82) is 0 Å². The minimum absolute atomic E-state index is 0.131. The summed E-state index contributed by atoms with van der Waals surface area (Å²) in [4.78, 5) is 21.8. The Morgan fingerprint density at radius 1 is 1.40 bits per heavy atom. The van der Waals surface area contributed by atoms with Crippen molar-refractivity contribution in [3.63, 3.8) is 0 Å². The Kier molecular flexibility index (Phi) is 4.29. The van der Waals surface area contributed by atoms with Crippen molar-refractivity contribution in [2.24, 2.45) is 5.73 Å². The van der Waals surface area contributed by atoms with E-state index in [1.807, 2.05) is 0 Å². The average molecular weight is 281 g/mol. The number of nitrogens with one attached hydrogen (secondary N) is 1. The molecule has 20 heavy (non-hydrogen) atoms. The maximum atomic E-state index is 13.7. The number of halogens is 1. The molecular weight excluding hydrogens is 265 g/mol. The molecule has 1 aromatic carbocycles. The van der Waals surface area contributed by atoms with E-state index in [1.54, 1.807) is 0 Å². The molecule has 1 saturated carbocycles. The Balaban J connectivity index is 2.11. The first-order valence-corrected chi connectivity index (χ1v) is 6.49. The SMILES string of the molecule is NC1CCCCC1NC(=O)c1ccc([N+](=O)[O-])cc1F.